The predicted molar refractivity (Wildman–Crippen MR) is 173 cm³/mol. The first-order valence-electron chi connectivity index (χ1n) is 15.6. The molecule has 0 saturated carbocycles. The van der Waals surface area contributed by atoms with Gasteiger partial charge in [0.1, 0.15) is 12.2 Å². The molecule has 0 bridgehead atoms. The zero-order valence-corrected chi connectivity index (χ0v) is 31.0. The quantitative estimate of drug-likeness (QED) is 0.0354. The Hall–Kier alpha value is -2.71. The maximum Gasteiger partial charge on any atom is 0.472 e. The summed E-state index contributed by atoms with van der Waals surface area (Å²) >= 11 is 0. The van der Waals surface area contributed by atoms with E-state index < -0.39 is 83.9 Å². The fraction of sp³-hybridized carbons (Fsp3) is 0.815. The van der Waals surface area contributed by atoms with E-state index in [9.17, 15) is 42.9 Å². The fourth-order valence-electron chi connectivity index (χ4n) is 3.63. The van der Waals surface area contributed by atoms with Gasteiger partial charge in [-0.25, -0.2) is 13.9 Å². The molecule has 0 aromatic rings. The minimum absolute atomic E-state index is 0.0665. The summed E-state index contributed by atoms with van der Waals surface area (Å²) in [5.41, 5.74) is 0. The van der Waals surface area contributed by atoms with E-state index in [1.807, 2.05) is 0 Å². The summed E-state index contributed by atoms with van der Waals surface area (Å²) in [4.78, 5) is 76.6. The minimum atomic E-state index is -4.58. The van der Waals surface area contributed by atoms with Gasteiger partial charge in [0.15, 0.2) is 0 Å². The number of urea groups is 1. The number of rotatable bonds is 28. The Bertz CT molecular complexity index is 1060. The zero-order chi connectivity index (χ0) is 38.2. The summed E-state index contributed by atoms with van der Waals surface area (Å²) in [5.74, 6) is -1.73. The van der Waals surface area contributed by atoms with Gasteiger partial charge in [0.25, 0.3) is 0 Å². The molecule has 6 atom stereocenters. The molecule has 4 amide bonds. The number of carbonyl (C=O) groups excluding carboxylic acids is 5. The van der Waals surface area contributed by atoms with Gasteiger partial charge < -0.3 is 50.0 Å². The average Bonchev–Trinajstić information content (AvgIpc) is 2.98. The molecule has 0 heterocycles. The van der Waals surface area contributed by atoms with Gasteiger partial charge in [-0.3, -0.25) is 37.3 Å². The lowest BCUT2D eigenvalue weighted by molar-refractivity contribution is -0.147. The van der Waals surface area contributed by atoms with Crippen molar-refractivity contribution in [3.05, 3.63) is 0 Å². The third-order valence-electron chi connectivity index (χ3n) is 5.69. The number of hydrogen-bond donors (Lipinski definition) is 6. The first kappa shape index (κ1) is 47.3. The Kier molecular flexibility index (Phi) is 24.7. The highest BCUT2D eigenvalue weighted by molar-refractivity contribution is 7.47. The minimum Gasteiger partial charge on any atom is -0.463 e. The summed E-state index contributed by atoms with van der Waals surface area (Å²) in [6.07, 6.45) is 0.0156. The Balaban J connectivity index is 4.35. The predicted octanol–water partition coefficient (Wildman–Crippen LogP) is 0.279. The third-order valence-corrected chi connectivity index (χ3v) is 7.65. The molecule has 0 aliphatic heterocycles. The van der Waals surface area contributed by atoms with Gasteiger partial charge >= 0.3 is 33.6 Å². The van der Waals surface area contributed by atoms with Gasteiger partial charge in [-0.2, -0.15) is 0 Å². The lowest BCUT2D eigenvalue weighted by Gasteiger charge is -2.20. The first-order valence-corrected chi connectivity index (χ1v) is 18.6. The van der Waals surface area contributed by atoms with Crippen molar-refractivity contribution in [3.8, 4) is 0 Å². The van der Waals surface area contributed by atoms with Crippen molar-refractivity contribution in [1.29, 1.82) is 0 Å². The zero-order valence-electron chi connectivity index (χ0n) is 29.2. The summed E-state index contributed by atoms with van der Waals surface area (Å²) in [7, 11) is -9.16. The van der Waals surface area contributed by atoms with Crippen LogP contribution in [0.3, 0.4) is 0 Å². The van der Waals surface area contributed by atoms with Crippen LogP contribution in [0.4, 0.5) is 4.79 Å². The number of phosphoric ester groups is 2. The Labute approximate surface area is 291 Å². The second kappa shape index (κ2) is 26.1. The maximum atomic E-state index is 12.2. The van der Waals surface area contributed by atoms with Crippen LogP contribution < -0.4 is 21.3 Å². The van der Waals surface area contributed by atoms with Crippen LogP contribution in [0.2, 0.25) is 0 Å². The summed E-state index contributed by atoms with van der Waals surface area (Å²) in [5, 5.41) is 9.69. The number of carbonyl (C=O) groups is 5. The number of esters is 2. The SMILES string of the molecule is CC(=O)N[C@H](COCC[C@@H](C)OC(C)=O)COP(=O)(O)OCCNC(=O)NCCOP(=O)(O)OC[C@H](COCC[C@@H](C)OC(C)=O)NC(C)=O. The topological polar surface area (TPSA) is 282 Å². The Morgan fingerprint density at radius 2 is 0.940 bits per heavy atom. The van der Waals surface area contributed by atoms with E-state index in [1.54, 1.807) is 13.8 Å². The number of nitrogens with one attached hydrogen (secondary N) is 4. The Morgan fingerprint density at radius 1 is 0.580 bits per heavy atom. The van der Waals surface area contributed by atoms with Crippen molar-refractivity contribution in [2.75, 3.05) is 65.9 Å². The van der Waals surface area contributed by atoms with Crippen LogP contribution in [0.25, 0.3) is 0 Å². The van der Waals surface area contributed by atoms with Crippen molar-refractivity contribution in [1.82, 2.24) is 21.3 Å². The molecular formula is C27H52N4O17P2. The highest BCUT2D eigenvalue weighted by Crippen LogP contribution is 2.43. The molecule has 6 N–H and O–H groups in total. The number of ether oxygens (including phenoxy) is 4. The fourth-order valence-corrected chi connectivity index (χ4v) is 5.16. The standard InChI is InChI=1S/C27H52N4O17P2/c1-19(47-23(5)34)7-11-41-15-25(30-21(3)32)17-45-49(37,38)43-13-9-28-27(36)29-10-14-44-50(39,40)46-18-26(31-22(4)33)16-42-12-8-20(2)48-24(6)35/h19-20,25-26H,7-18H2,1-6H3,(H,30,32)(H,31,33)(H,37,38)(H,39,40)(H2,28,29,36)/t19-,20-,25-,26+/m1/s1. The molecule has 292 valence electrons. The maximum absolute atomic E-state index is 12.2. The van der Waals surface area contributed by atoms with Crippen LogP contribution >= 0.6 is 15.6 Å². The number of amides is 4. The van der Waals surface area contributed by atoms with Crippen LogP contribution in [0.1, 0.15) is 54.4 Å². The molecule has 0 aliphatic rings. The molecule has 2 unspecified atom stereocenters. The first-order chi connectivity index (χ1) is 23.3. The molecule has 0 aromatic carbocycles. The highest BCUT2D eigenvalue weighted by Gasteiger charge is 2.25. The molecule has 23 heteroatoms. The van der Waals surface area contributed by atoms with Crippen LogP contribution in [0.15, 0.2) is 0 Å². The van der Waals surface area contributed by atoms with E-state index in [0.717, 1.165) is 0 Å². The molecule has 0 radical (unpaired) electrons. The van der Waals surface area contributed by atoms with Gasteiger partial charge in [-0.1, -0.05) is 0 Å². The molecule has 0 rings (SSSR count). The van der Waals surface area contributed by atoms with E-state index >= 15 is 0 Å². The summed E-state index contributed by atoms with van der Waals surface area (Å²) in [6.45, 7) is 6.48. The Morgan fingerprint density at radius 3 is 1.26 bits per heavy atom. The largest absolute Gasteiger partial charge is 0.472 e. The monoisotopic (exact) mass is 766 g/mol. The average molecular weight is 767 g/mol. The molecule has 0 saturated heterocycles. The van der Waals surface area contributed by atoms with Crippen molar-refractivity contribution in [2.24, 2.45) is 0 Å². The van der Waals surface area contributed by atoms with Gasteiger partial charge in [0.05, 0.1) is 64.9 Å². The smallest absolute Gasteiger partial charge is 0.463 e. The molecule has 0 fully saturated rings. The normalized spacial score (nSPS) is 16.0. The van der Waals surface area contributed by atoms with E-state index in [0.29, 0.717) is 12.8 Å². The second-order valence-corrected chi connectivity index (χ2v) is 13.6. The second-order valence-electron chi connectivity index (χ2n) is 10.7. The van der Waals surface area contributed by atoms with Crippen LogP contribution in [-0.2, 0) is 65.4 Å². The van der Waals surface area contributed by atoms with Crippen molar-refractivity contribution in [3.63, 3.8) is 0 Å². The van der Waals surface area contributed by atoms with Crippen LogP contribution in [-0.4, -0.2) is 130 Å². The van der Waals surface area contributed by atoms with Crippen LogP contribution in [0, 0.1) is 0 Å². The third kappa shape index (κ3) is 29.1. The van der Waals surface area contributed by atoms with Gasteiger partial charge in [-0.05, 0) is 13.8 Å². The summed E-state index contributed by atoms with van der Waals surface area (Å²) < 4.78 is 64.7. The van der Waals surface area contributed by atoms with Gasteiger partial charge in [0, 0.05) is 53.6 Å². The molecule has 0 spiro atoms. The van der Waals surface area contributed by atoms with E-state index in [1.165, 1.54) is 27.7 Å². The lowest BCUT2D eigenvalue weighted by atomic mass is 10.3. The van der Waals surface area contributed by atoms with Gasteiger partial charge in [0.2, 0.25) is 11.8 Å². The van der Waals surface area contributed by atoms with E-state index in [4.69, 9.17) is 37.0 Å². The van der Waals surface area contributed by atoms with E-state index in [2.05, 4.69) is 21.3 Å². The van der Waals surface area contributed by atoms with Gasteiger partial charge in [-0.15, -0.1) is 0 Å². The van der Waals surface area contributed by atoms with Crippen molar-refractivity contribution in [2.45, 2.75) is 78.7 Å². The van der Waals surface area contributed by atoms with Crippen LogP contribution in [0.5, 0.6) is 0 Å². The number of hydrogen-bond acceptors (Lipinski definition) is 15. The molecule has 50 heavy (non-hydrogen) atoms. The van der Waals surface area contributed by atoms with Crippen molar-refractivity contribution >= 4 is 45.4 Å². The molecule has 21 nitrogen and oxygen atoms in total. The molecular weight excluding hydrogens is 714 g/mol. The lowest BCUT2D eigenvalue weighted by Crippen LogP contribution is -2.40. The summed E-state index contributed by atoms with van der Waals surface area (Å²) in [6, 6.07) is -2.34. The van der Waals surface area contributed by atoms with Crippen molar-refractivity contribution < 1.29 is 79.9 Å². The highest BCUT2D eigenvalue weighted by atomic mass is 31.2. The number of phosphoric acid groups is 2. The molecule has 0 aliphatic carbocycles. The molecule has 0 aromatic heterocycles. The van der Waals surface area contributed by atoms with E-state index in [-0.39, 0.29) is 51.7 Å².